The number of hydrogen-bond acceptors (Lipinski definition) is 5. The molecule has 0 radical (unpaired) electrons. The van der Waals surface area contributed by atoms with Crippen molar-refractivity contribution in [2.24, 2.45) is 5.92 Å². The van der Waals surface area contributed by atoms with Crippen molar-refractivity contribution in [2.45, 2.75) is 39.8 Å². The number of halogens is 1. The number of methoxy groups -OCH3 is 1. The Morgan fingerprint density at radius 1 is 1.11 bits per heavy atom. The number of benzene rings is 2. The van der Waals surface area contributed by atoms with E-state index in [0.717, 1.165) is 10.6 Å². The highest BCUT2D eigenvalue weighted by atomic mass is 35.5. The first-order valence-corrected chi connectivity index (χ1v) is 13.6. The van der Waals surface area contributed by atoms with Gasteiger partial charge in [0.05, 0.1) is 19.1 Å². The molecular weight excluding hydrogens is 490 g/mol. The predicted octanol–water partition coefficient (Wildman–Crippen LogP) is 3.69. The Kier molecular flexibility index (Phi) is 10.4. The number of rotatable bonds is 12. The van der Waals surface area contributed by atoms with Gasteiger partial charge in [0.25, 0.3) is 0 Å². The summed E-state index contributed by atoms with van der Waals surface area (Å²) in [6.07, 6.45) is 1.38. The van der Waals surface area contributed by atoms with Gasteiger partial charge in [-0.05, 0) is 36.1 Å². The molecule has 0 fully saturated rings. The van der Waals surface area contributed by atoms with Crippen molar-refractivity contribution in [3.63, 3.8) is 0 Å². The lowest BCUT2D eigenvalue weighted by Crippen LogP contribution is -2.52. The third-order valence-corrected chi connectivity index (χ3v) is 6.90. The van der Waals surface area contributed by atoms with Crippen molar-refractivity contribution in [1.29, 1.82) is 0 Å². The summed E-state index contributed by atoms with van der Waals surface area (Å²) in [5, 5.41) is 3.34. The van der Waals surface area contributed by atoms with Crippen molar-refractivity contribution in [2.75, 3.05) is 30.8 Å². The third kappa shape index (κ3) is 8.14. The van der Waals surface area contributed by atoms with E-state index in [4.69, 9.17) is 16.3 Å². The molecule has 0 aromatic heterocycles. The summed E-state index contributed by atoms with van der Waals surface area (Å²) in [7, 11) is -2.35. The van der Waals surface area contributed by atoms with Crippen LogP contribution in [0.4, 0.5) is 5.69 Å². The van der Waals surface area contributed by atoms with Crippen LogP contribution < -0.4 is 14.4 Å². The van der Waals surface area contributed by atoms with Gasteiger partial charge in [0.1, 0.15) is 18.3 Å². The number of amides is 2. The molecule has 2 rings (SSSR count). The highest BCUT2D eigenvalue weighted by Gasteiger charge is 2.32. The summed E-state index contributed by atoms with van der Waals surface area (Å²) in [5.41, 5.74) is 0.945. The maximum Gasteiger partial charge on any atom is 0.244 e. The molecule has 2 aromatic rings. The average Bonchev–Trinajstić information content (AvgIpc) is 2.81. The number of hydrogen-bond donors (Lipinski definition) is 1. The summed E-state index contributed by atoms with van der Waals surface area (Å²) < 4.78 is 31.6. The second-order valence-corrected chi connectivity index (χ2v) is 11.0. The van der Waals surface area contributed by atoms with Gasteiger partial charge >= 0.3 is 0 Å². The smallest absolute Gasteiger partial charge is 0.244 e. The zero-order valence-corrected chi connectivity index (χ0v) is 22.4. The summed E-state index contributed by atoms with van der Waals surface area (Å²) in [4.78, 5) is 28.1. The van der Waals surface area contributed by atoms with Crippen molar-refractivity contribution in [3.8, 4) is 5.75 Å². The Bertz CT molecular complexity index is 1120. The Labute approximate surface area is 213 Å². The van der Waals surface area contributed by atoms with E-state index in [1.54, 1.807) is 48.5 Å². The van der Waals surface area contributed by atoms with Crippen LogP contribution in [0.25, 0.3) is 0 Å². The maximum absolute atomic E-state index is 13.7. The molecule has 35 heavy (non-hydrogen) atoms. The van der Waals surface area contributed by atoms with E-state index in [9.17, 15) is 18.0 Å². The van der Waals surface area contributed by atoms with Crippen molar-refractivity contribution >= 4 is 39.1 Å². The normalized spacial score (nSPS) is 12.2. The van der Waals surface area contributed by atoms with Crippen LogP contribution in [0, 0.1) is 5.92 Å². The lowest BCUT2D eigenvalue weighted by atomic mass is 10.1. The van der Waals surface area contributed by atoms with Crippen molar-refractivity contribution < 1.29 is 22.7 Å². The molecule has 0 heterocycles. The van der Waals surface area contributed by atoms with Crippen LogP contribution in [-0.2, 0) is 26.2 Å². The maximum atomic E-state index is 13.7. The van der Waals surface area contributed by atoms with Crippen LogP contribution in [0.5, 0.6) is 5.75 Å². The van der Waals surface area contributed by atoms with E-state index < -0.39 is 28.5 Å². The van der Waals surface area contributed by atoms with E-state index in [-0.39, 0.29) is 24.1 Å². The van der Waals surface area contributed by atoms with Gasteiger partial charge in [-0.3, -0.25) is 13.9 Å². The fourth-order valence-electron chi connectivity index (χ4n) is 3.53. The van der Waals surface area contributed by atoms with Gasteiger partial charge in [0, 0.05) is 24.2 Å². The zero-order valence-electron chi connectivity index (χ0n) is 20.8. The quantitative estimate of drug-likeness (QED) is 0.457. The Morgan fingerprint density at radius 3 is 2.37 bits per heavy atom. The summed E-state index contributed by atoms with van der Waals surface area (Å²) in [5.74, 6) is -0.132. The van der Waals surface area contributed by atoms with Gasteiger partial charge in [-0.1, -0.05) is 56.6 Å². The Balaban J connectivity index is 2.45. The molecule has 0 bridgehead atoms. The van der Waals surface area contributed by atoms with Crippen LogP contribution in [0.2, 0.25) is 5.02 Å². The van der Waals surface area contributed by atoms with Gasteiger partial charge in [-0.2, -0.15) is 0 Å². The van der Waals surface area contributed by atoms with Crippen LogP contribution >= 0.6 is 11.6 Å². The fourth-order valence-corrected chi connectivity index (χ4v) is 4.57. The molecule has 1 N–H and O–H groups in total. The first kappa shape index (κ1) is 28.5. The monoisotopic (exact) mass is 523 g/mol. The molecular formula is C25H34ClN3O5S. The molecule has 0 saturated heterocycles. The van der Waals surface area contributed by atoms with Crippen LogP contribution in [-0.4, -0.2) is 57.6 Å². The minimum absolute atomic E-state index is 0.0574. The number of carbonyl (C=O) groups excluding carboxylic acids is 2. The molecule has 0 spiro atoms. The molecule has 2 aromatic carbocycles. The van der Waals surface area contributed by atoms with Gasteiger partial charge in [0.15, 0.2) is 0 Å². The molecule has 10 heteroatoms. The highest BCUT2D eigenvalue weighted by Crippen LogP contribution is 2.25. The molecule has 0 saturated carbocycles. The molecule has 8 nitrogen and oxygen atoms in total. The molecule has 192 valence electrons. The number of nitrogens with zero attached hydrogens (tertiary/aromatic N) is 2. The van der Waals surface area contributed by atoms with Gasteiger partial charge in [0.2, 0.25) is 21.8 Å². The van der Waals surface area contributed by atoms with Crippen molar-refractivity contribution in [1.82, 2.24) is 10.2 Å². The molecule has 1 atom stereocenters. The molecule has 0 unspecified atom stereocenters. The Hall–Kier alpha value is -2.78. The average molecular weight is 524 g/mol. The lowest BCUT2D eigenvalue weighted by molar-refractivity contribution is -0.140. The lowest BCUT2D eigenvalue weighted by Gasteiger charge is -2.33. The minimum Gasteiger partial charge on any atom is -0.497 e. The van der Waals surface area contributed by atoms with Crippen LogP contribution in [0.15, 0.2) is 48.5 Å². The standard InChI is InChI=1S/C25H34ClN3O5S/c1-6-23(25(31)27-15-18(2)3)28(16-19-10-7-8-13-22(19)26)24(30)17-29(35(5,32)33)20-11-9-12-21(14-20)34-4/h7-14,18,23H,6,15-17H2,1-5H3,(H,27,31)/t23-/m1/s1. The Morgan fingerprint density at radius 2 is 1.80 bits per heavy atom. The van der Waals surface area contributed by atoms with Gasteiger partial charge in [-0.15, -0.1) is 0 Å². The number of ether oxygens (including phenoxy) is 1. The molecule has 2 amide bonds. The van der Waals surface area contributed by atoms with E-state index in [1.807, 2.05) is 20.8 Å². The summed E-state index contributed by atoms with van der Waals surface area (Å²) in [6.45, 7) is 5.80. The number of nitrogens with one attached hydrogen (secondary N) is 1. The third-order valence-electron chi connectivity index (χ3n) is 5.39. The number of anilines is 1. The topological polar surface area (TPSA) is 96.0 Å². The van der Waals surface area contributed by atoms with Gasteiger partial charge in [-0.25, -0.2) is 8.42 Å². The minimum atomic E-state index is -3.82. The van der Waals surface area contributed by atoms with E-state index in [2.05, 4.69) is 5.32 Å². The highest BCUT2D eigenvalue weighted by molar-refractivity contribution is 7.92. The van der Waals surface area contributed by atoms with Crippen LogP contribution in [0.3, 0.4) is 0 Å². The number of carbonyl (C=O) groups is 2. The van der Waals surface area contributed by atoms with E-state index in [0.29, 0.717) is 29.3 Å². The second kappa shape index (κ2) is 12.8. The largest absolute Gasteiger partial charge is 0.497 e. The molecule has 0 aliphatic rings. The SMILES string of the molecule is CC[C@H](C(=O)NCC(C)C)N(Cc1ccccc1Cl)C(=O)CN(c1cccc(OC)c1)S(C)(=O)=O. The zero-order chi connectivity index (χ0) is 26.2. The van der Waals surface area contributed by atoms with E-state index >= 15 is 0 Å². The van der Waals surface area contributed by atoms with Crippen molar-refractivity contribution in [3.05, 3.63) is 59.1 Å². The van der Waals surface area contributed by atoms with Gasteiger partial charge < -0.3 is 15.0 Å². The summed E-state index contributed by atoms with van der Waals surface area (Å²) in [6, 6.07) is 12.7. The van der Waals surface area contributed by atoms with E-state index in [1.165, 1.54) is 12.0 Å². The number of sulfonamides is 1. The van der Waals surface area contributed by atoms with Crippen LogP contribution in [0.1, 0.15) is 32.8 Å². The fraction of sp³-hybridized carbons (Fsp3) is 0.440. The second-order valence-electron chi connectivity index (χ2n) is 8.65. The molecule has 0 aliphatic heterocycles. The predicted molar refractivity (Wildman–Crippen MR) is 139 cm³/mol. The first-order chi connectivity index (χ1) is 16.5. The molecule has 0 aliphatic carbocycles. The summed E-state index contributed by atoms with van der Waals surface area (Å²) >= 11 is 6.35. The first-order valence-electron chi connectivity index (χ1n) is 11.4.